The van der Waals surface area contributed by atoms with Gasteiger partial charge < -0.3 is 9.47 Å². The SMILES string of the molecule is C#C[C@@H](Oc1ccc(OC)cc1)c1ccc(Br)cc1. The molecule has 0 saturated heterocycles. The van der Waals surface area contributed by atoms with E-state index in [1.165, 1.54) is 0 Å². The monoisotopic (exact) mass is 316 g/mol. The Morgan fingerprint density at radius 1 is 1.00 bits per heavy atom. The van der Waals surface area contributed by atoms with E-state index in [2.05, 4.69) is 21.9 Å². The molecule has 1 atom stereocenters. The summed E-state index contributed by atoms with van der Waals surface area (Å²) in [6.45, 7) is 0. The fourth-order valence-electron chi connectivity index (χ4n) is 1.63. The zero-order valence-electron chi connectivity index (χ0n) is 10.5. The van der Waals surface area contributed by atoms with Gasteiger partial charge in [-0.2, -0.15) is 0 Å². The fraction of sp³-hybridized carbons (Fsp3) is 0.125. The van der Waals surface area contributed by atoms with Crippen molar-refractivity contribution in [3.05, 3.63) is 58.6 Å². The van der Waals surface area contributed by atoms with Crippen molar-refractivity contribution in [2.24, 2.45) is 0 Å². The van der Waals surface area contributed by atoms with Gasteiger partial charge in [0.05, 0.1) is 7.11 Å². The largest absolute Gasteiger partial charge is 0.497 e. The molecule has 0 spiro atoms. The second-order valence-electron chi connectivity index (χ2n) is 3.89. The summed E-state index contributed by atoms with van der Waals surface area (Å²) in [5, 5.41) is 0. The first-order valence-electron chi connectivity index (χ1n) is 5.75. The summed E-state index contributed by atoms with van der Waals surface area (Å²) >= 11 is 3.39. The van der Waals surface area contributed by atoms with Gasteiger partial charge in [-0.25, -0.2) is 0 Å². The quantitative estimate of drug-likeness (QED) is 0.787. The molecule has 0 saturated carbocycles. The summed E-state index contributed by atoms with van der Waals surface area (Å²) in [4.78, 5) is 0. The number of benzene rings is 2. The van der Waals surface area contributed by atoms with Gasteiger partial charge in [-0.3, -0.25) is 0 Å². The third-order valence-electron chi connectivity index (χ3n) is 2.64. The molecule has 2 nitrogen and oxygen atoms in total. The highest BCUT2D eigenvalue weighted by molar-refractivity contribution is 9.10. The maximum Gasteiger partial charge on any atom is 0.184 e. The minimum Gasteiger partial charge on any atom is -0.497 e. The summed E-state index contributed by atoms with van der Waals surface area (Å²) in [6.07, 6.45) is 5.13. The van der Waals surface area contributed by atoms with Gasteiger partial charge >= 0.3 is 0 Å². The number of ether oxygens (including phenoxy) is 2. The third-order valence-corrected chi connectivity index (χ3v) is 3.17. The Morgan fingerprint density at radius 3 is 2.11 bits per heavy atom. The van der Waals surface area contributed by atoms with Crippen LogP contribution in [0.2, 0.25) is 0 Å². The number of terminal acetylenes is 1. The molecule has 0 fully saturated rings. The molecule has 0 amide bonds. The molecule has 0 unspecified atom stereocenters. The topological polar surface area (TPSA) is 18.5 Å². The van der Waals surface area contributed by atoms with E-state index in [1.807, 2.05) is 48.5 Å². The lowest BCUT2D eigenvalue weighted by Gasteiger charge is -2.14. The molecule has 0 N–H and O–H groups in total. The average Bonchev–Trinajstić information content (AvgIpc) is 2.46. The summed E-state index contributed by atoms with van der Waals surface area (Å²) < 4.78 is 11.9. The molecule has 0 aliphatic rings. The number of halogens is 1. The van der Waals surface area contributed by atoms with E-state index in [9.17, 15) is 0 Å². The zero-order chi connectivity index (χ0) is 13.7. The number of rotatable bonds is 4. The summed E-state index contributed by atoms with van der Waals surface area (Å²) in [5.41, 5.74) is 0.946. The van der Waals surface area contributed by atoms with Crippen LogP contribution in [0.5, 0.6) is 11.5 Å². The smallest absolute Gasteiger partial charge is 0.184 e. The normalized spacial score (nSPS) is 11.4. The fourth-order valence-corrected chi connectivity index (χ4v) is 1.89. The van der Waals surface area contributed by atoms with E-state index in [1.54, 1.807) is 7.11 Å². The predicted octanol–water partition coefficient (Wildman–Crippen LogP) is 4.21. The van der Waals surface area contributed by atoms with E-state index in [-0.39, 0.29) is 0 Å². The molecule has 2 aromatic carbocycles. The molecule has 0 aliphatic carbocycles. The molecule has 0 bridgehead atoms. The van der Waals surface area contributed by atoms with E-state index in [0.29, 0.717) is 5.75 Å². The Kier molecular flexibility index (Phi) is 4.48. The first-order valence-corrected chi connectivity index (χ1v) is 6.54. The maximum absolute atomic E-state index is 5.78. The second kappa shape index (κ2) is 6.31. The van der Waals surface area contributed by atoms with Crippen LogP contribution in [0.15, 0.2) is 53.0 Å². The van der Waals surface area contributed by atoms with Crippen molar-refractivity contribution >= 4 is 15.9 Å². The lowest BCUT2D eigenvalue weighted by atomic mass is 10.1. The molecule has 0 heterocycles. The van der Waals surface area contributed by atoms with Gasteiger partial charge in [0.15, 0.2) is 6.10 Å². The molecule has 96 valence electrons. The Hall–Kier alpha value is -1.92. The molecular weight excluding hydrogens is 304 g/mol. The summed E-state index contributed by atoms with van der Waals surface area (Å²) in [6, 6.07) is 15.1. The zero-order valence-corrected chi connectivity index (χ0v) is 12.1. The highest BCUT2D eigenvalue weighted by Crippen LogP contribution is 2.24. The molecule has 0 aromatic heterocycles. The lowest BCUT2D eigenvalue weighted by molar-refractivity contribution is 0.264. The minimum absolute atomic E-state index is 0.401. The van der Waals surface area contributed by atoms with E-state index < -0.39 is 6.10 Å². The summed E-state index contributed by atoms with van der Waals surface area (Å²) in [5.74, 6) is 4.15. The lowest BCUT2D eigenvalue weighted by Crippen LogP contribution is -2.04. The van der Waals surface area contributed by atoms with Crippen LogP contribution in [-0.2, 0) is 0 Å². The number of hydrogen-bond donors (Lipinski definition) is 0. The van der Waals surface area contributed by atoms with Gasteiger partial charge in [-0.05, 0) is 36.4 Å². The highest BCUT2D eigenvalue weighted by atomic mass is 79.9. The van der Waals surface area contributed by atoms with Crippen LogP contribution in [0.25, 0.3) is 0 Å². The molecule has 3 heteroatoms. The number of hydrogen-bond acceptors (Lipinski definition) is 2. The average molecular weight is 317 g/mol. The van der Waals surface area contributed by atoms with Crippen LogP contribution >= 0.6 is 15.9 Å². The Balaban J connectivity index is 2.14. The minimum atomic E-state index is -0.401. The predicted molar refractivity (Wildman–Crippen MR) is 79.3 cm³/mol. The Labute approximate surface area is 121 Å². The van der Waals surface area contributed by atoms with Crippen molar-refractivity contribution in [2.45, 2.75) is 6.10 Å². The van der Waals surface area contributed by atoms with E-state index in [4.69, 9.17) is 15.9 Å². The van der Waals surface area contributed by atoms with Crippen LogP contribution in [0.3, 0.4) is 0 Å². The van der Waals surface area contributed by atoms with Crippen LogP contribution < -0.4 is 9.47 Å². The molecule has 19 heavy (non-hydrogen) atoms. The van der Waals surface area contributed by atoms with Gasteiger partial charge in [0.2, 0.25) is 0 Å². The first-order chi connectivity index (χ1) is 9.22. The molecule has 2 aromatic rings. The molecule has 0 aliphatic heterocycles. The third kappa shape index (κ3) is 3.52. The van der Waals surface area contributed by atoms with Crippen molar-refractivity contribution < 1.29 is 9.47 Å². The van der Waals surface area contributed by atoms with Crippen LogP contribution in [0, 0.1) is 12.3 Å². The van der Waals surface area contributed by atoms with Crippen LogP contribution in [-0.4, -0.2) is 7.11 Å². The Bertz CT molecular complexity index is 567. The van der Waals surface area contributed by atoms with E-state index >= 15 is 0 Å². The molecule has 0 radical (unpaired) electrons. The van der Waals surface area contributed by atoms with Gasteiger partial charge in [0, 0.05) is 10.0 Å². The Morgan fingerprint density at radius 2 is 1.58 bits per heavy atom. The van der Waals surface area contributed by atoms with Gasteiger partial charge in [-0.15, -0.1) is 6.42 Å². The van der Waals surface area contributed by atoms with Crippen LogP contribution in [0.4, 0.5) is 0 Å². The van der Waals surface area contributed by atoms with E-state index in [0.717, 1.165) is 15.8 Å². The second-order valence-corrected chi connectivity index (χ2v) is 4.81. The van der Waals surface area contributed by atoms with Gasteiger partial charge in [0.1, 0.15) is 11.5 Å². The van der Waals surface area contributed by atoms with Gasteiger partial charge in [0.25, 0.3) is 0 Å². The molecule has 2 rings (SSSR count). The van der Waals surface area contributed by atoms with Crippen molar-refractivity contribution in [3.8, 4) is 23.8 Å². The molecular formula is C16H13BrO2. The van der Waals surface area contributed by atoms with Gasteiger partial charge in [-0.1, -0.05) is 34.0 Å². The van der Waals surface area contributed by atoms with Crippen LogP contribution in [0.1, 0.15) is 11.7 Å². The summed E-state index contributed by atoms with van der Waals surface area (Å²) in [7, 11) is 1.63. The highest BCUT2D eigenvalue weighted by Gasteiger charge is 2.09. The van der Waals surface area contributed by atoms with Crippen molar-refractivity contribution in [2.75, 3.05) is 7.11 Å². The first kappa shape index (κ1) is 13.5. The standard InChI is InChI=1S/C16H13BrO2/c1-3-16(12-4-6-13(17)7-5-12)19-15-10-8-14(18-2)9-11-15/h1,4-11,16H,2H3/t16-/m1/s1. The van der Waals surface area contributed by atoms with Crippen molar-refractivity contribution in [1.29, 1.82) is 0 Å². The van der Waals surface area contributed by atoms with Crippen molar-refractivity contribution in [1.82, 2.24) is 0 Å². The van der Waals surface area contributed by atoms with Crippen molar-refractivity contribution in [3.63, 3.8) is 0 Å². The number of methoxy groups -OCH3 is 1. The maximum atomic E-state index is 5.78.